The summed E-state index contributed by atoms with van der Waals surface area (Å²) < 4.78 is 0. The normalized spacial score (nSPS) is 13.2. The van der Waals surface area contributed by atoms with E-state index in [1.165, 1.54) is 55.6 Å². The molecule has 0 N–H and O–H groups in total. The highest BCUT2D eigenvalue weighted by Gasteiger charge is 2.52. The fourth-order valence-electron chi connectivity index (χ4n) is 7.78. The molecular weight excluding hydrogens is 566 g/mol. The third-order valence-electron chi connectivity index (χ3n) is 9.56. The molecule has 9 rings (SSSR count). The molecule has 0 aromatic heterocycles. The predicted octanol–water partition coefficient (Wildman–Crippen LogP) is 11.8. The van der Waals surface area contributed by atoms with Crippen molar-refractivity contribution in [1.29, 1.82) is 0 Å². The molecular formula is C43H28ClN. The van der Waals surface area contributed by atoms with Gasteiger partial charge >= 0.3 is 0 Å². The second kappa shape index (κ2) is 10.1. The number of benzene rings is 7. The summed E-state index contributed by atoms with van der Waals surface area (Å²) in [5.74, 6) is 0. The molecule has 0 radical (unpaired) electrons. The van der Waals surface area contributed by atoms with Crippen LogP contribution in [0.4, 0.5) is 17.1 Å². The molecule has 0 unspecified atom stereocenters. The van der Waals surface area contributed by atoms with Gasteiger partial charge in [-0.3, -0.25) is 0 Å². The smallest absolute Gasteiger partial charge is 0.0729 e. The Hall–Kier alpha value is -5.37. The lowest BCUT2D eigenvalue weighted by molar-refractivity contribution is 0.794. The van der Waals surface area contributed by atoms with Crippen LogP contribution in [0.25, 0.3) is 33.4 Å². The van der Waals surface area contributed by atoms with Gasteiger partial charge in [0, 0.05) is 16.9 Å². The standard InChI is InChI=1S/C43H28ClN/c44-40-28-27-39-41(35-19-9-12-22-38(35)43(39)36-20-10-7-17-33(36)34-18-8-11-21-37(34)43)42(40)45(31-15-5-2-6-16-31)32-25-23-30(24-26-32)29-13-3-1-4-14-29/h1-28H. The summed E-state index contributed by atoms with van der Waals surface area (Å²) in [6.07, 6.45) is 0. The summed E-state index contributed by atoms with van der Waals surface area (Å²) in [6, 6.07) is 61.0. The lowest BCUT2D eigenvalue weighted by atomic mass is 9.70. The third-order valence-corrected chi connectivity index (χ3v) is 9.86. The summed E-state index contributed by atoms with van der Waals surface area (Å²) >= 11 is 7.35. The Balaban J connectivity index is 1.35. The Kier molecular flexibility index (Phi) is 5.84. The number of hydrogen-bond acceptors (Lipinski definition) is 1. The Labute approximate surface area is 268 Å². The molecule has 0 saturated heterocycles. The van der Waals surface area contributed by atoms with Crippen LogP contribution in [0.3, 0.4) is 0 Å². The van der Waals surface area contributed by atoms with E-state index in [1.807, 2.05) is 0 Å². The molecule has 7 aromatic rings. The van der Waals surface area contributed by atoms with Crippen LogP contribution >= 0.6 is 11.6 Å². The average molecular weight is 594 g/mol. The highest BCUT2D eigenvalue weighted by atomic mass is 35.5. The number of rotatable bonds is 4. The van der Waals surface area contributed by atoms with Crippen LogP contribution < -0.4 is 4.90 Å². The predicted molar refractivity (Wildman–Crippen MR) is 188 cm³/mol. The molecule has 7 aromatic carbocycles. The fraction of sp³-hybridized carbons (Fsp3) is 0.0233. The van der Waals surface area contributed by atoms with E-state index in [0.717, 1.165) is 22.1 Å². The lowest BCUT2D eigenvalue weighted by Gasteiger charge is -2.32. The van der Waals surface area contributed by atoms with Gasteiger partial charge in [0.05, 0.1) is 16.1 Å². The zero-order chi connectivity index (χ0) is 30.0. The van der Waals surface area contributed by atoms with E-state index >= 15 is 0 Å². The average Bonchev–Trinajstić information content (AvgIpc) is 3.58. The second-order valence-electron chi connectivity index (χ2n) is 11.8. The number of nitrogens with zero attached hydrogens (tertiary/aromatic N) is 1. The van der Waals surface area contributed by atoms with Crippen LogP contribution in [-0.2, 0) is 5.41 Å². The monoisotopic (exact) mass is 593 g/mol. The van der Waals surface area contributed by atoms with Crippen molar-refractivity contribution in [3.63, 3.8) is 0 Å². The molecule has 2 heteroatoms. The van der Waals surface area contributed by atoms with Crippen molar-refractivity contribution in [3.8, 4) is 33.4 Å². The summed E-state index contributed by atoms with van der Waals surface area (Å²) in [5.41, 5.74) is 15.3. The Morgan fingerprint density at radius 3 is 1.47 bits per heavy atom. The first-order valence-corrected chi connectivity index (χ1v) is 15.8. The van der Waals surface area contributed by atoms with E-state index in [1.54, 1.807) is 0 Å². The van der Waals surface area contributed by atoms with E-state index in [2.05, 4.69) is 175 Å². The van der Waals surface area contributed by atoms with Crippen molar-refractivity contribution < 1.29 is 0 Å². The minimum absolute atomic E-state index is 0.433. The summed E-state index contributed by atoms with van der Waals surface area (Å²) in [5, 5.41) is 0.719. The minimum atomic E-state index is -0.433. The fourth-order valence-corrected chi connectivity index (χ4v) is 8.02. The van der Waals surface area contributed by atoms with Crippen molar-refractivity contribution in [2.24, 2.45) is 0 Å². The highest BCUT2D eigenvalue weighted by molar-refractivity contribution is 6.35. The van der Waals surface area contributed by atoms with Crippen LogP contribution in [0.15, 0.2) is 170 Å². The molecule has 2 aliphatic carbocycles. The molecule has 0 heterocycles. The quantitative estimate of drug-likeness (QED) is 0.196. The Bertz CT molecular complexity index is 2170. The van der Waals surface area contributed by atoms with Crippen molar-refractivity contribution in [3.05, 3.63) is 197 Å². The molecule has 1 nitrogen and oxygen atoms in total. The van der Waals surface area contributed by atoms with Crippen molar-refractivity contribution >= 4 is 28.7 Å². The van der Waals surface area contributed by atoms with Gasteiger partial charge in [-0.2, -0.15) is 0 Å². The summed E-state index contributed by atoms with van der Waals surface area (Å²) in [4.78, 5) is 2.33. The van der Waals surface area contributed by atoms with Gasteiger partial charge in [0.25, 0.3) is 0 Å². The topological polar surface area (TPSA) is 3.24 Å². The maximum absolute atomic E-state index is 7.35. The highest BCUT2D eigenvalue weighted by Crippen LogP contribution is 2.65. The van der Waals surface area contributed by atoms with Crippen LogP contribution in [0, 0.1) is 0 Å². The molecule has 0 aliphatic heterocycles. The number of hydrogen-bond donors (Lipinski definition) is 0. The summed E-state index contributed by atoms with van der Waals surface area (Å²) in [7, 11) is 0. The van der Waals surface area contributed by atoms with E-state index in [-0.39, 0.29) is 0 Å². The molecule has 1 spiro atoms. The van der Waals surface area contributed by atoms with Gasteiger partial charge in [0.1, 0.15) is 0 Å². The van der Waals surface area contributed by atoms with Crippen LogP contribution in [0.5, 0.6) is 0 Å². The number of fused-ring (bicyclic) bond motifs is 10. The number of halogens is 1. The molecule has 0 atom stereocenters. The molecule has 0 fully saturated rings. The molecule has 0 saturated carbocycles. The van der Waals surface area contributed by atoms with E-state index < -0.39 is 5.41 Å². The minimum Gasteiger partial charge on any atom is -0.308 e. The Morgan fingerprint density at radius 1 is 0.378 bits per heavy atom. The van der Waals surface area contributed by atoms with E-state index in [9.17, 15) is 0 Å². The zero-order valence-electron chi connectivity index (χ0n) is 24.5. The van der Waals surface area contributed by atoms with Crippen LogP contribution in [0.2, 0.25) is 5.02 Å². The first-order chi connectivity index (χ1) is 22.3. The number of para-hydroxylation sites is 1. The van der Waals surface area contributed by atoms with Gasteiger partial charge in [-0.1, -0.05) is 151 Å². The molecule has 0 amide bonds. The number of anilines is 3. The van der Waals surface area contributed by atoms with Gasteiger partial charge in [-0.05, 0) is 80.4 Å². The zero-order valence-corrected chi connectivity index (χ0v) is 25.2. The van der Waals surface area contributed by atoms with E-state index in [0.29, 0.717) is 0 Å². The SMILES string of the molecule is Clc1ccc2c(c1N(c1ccccc1)c1ccc(-c3ccccc3)cc1)-c1ccccc1C21c2ccccc2-c2ccccc21. The first-order valence-electron chi connectivity index (χ1n) is 15.4. The van der Waals surface area contributed by atoms with Crippen molar-refractivity contribution in [2.45, 2.75) is 5.41 Å². The largest absolute Gasteiger partial charge is 0.308 e. The van der Waals surface area contributed by atoms with Gasteiger partial charge in [-0.25, -0.2) is 0 Å². The van der Waals surface area contributed by atoms with Gasteiger partial charge in [0.15, 0.2) is 0 Å². The van der Waals surface area contributed by atoms with Crippen LogP contribution in [-0.4, -0.2) is 0 Å². The van der Waals surface area contributed by atoms with Gasteiger partial charge in [0.2, 0.25) is 0 Å². The third kappa shape index (κ3) is 3.68. The first kappa shape index (κ1) is 26.1. The maximum Gasteiger partial charge on any atom is 0.0729 e. The van der Waals surface area contributed by atoms with Gasteiger partial charge < -0.3 is 4.90 Å². The Morgan fingerprint density at radius 2 is 0.844 bits per heavy atom. The lowest BCUT2D eigenvalue weighted by Crippen LogP contribution is -2.26. The van der Waals surface area contributed by atoms with Crippen molar-refractivity contribution in [2.75, 3.05) is 4.90 Å². The van der Waals surface area contributed by atoms with Crippen LogP contribution in [0.1, 0.15) is 22.3 Å². The van der Waals surface area contributed by atoms with E-state index in [4.69, 9.17) is 11.6 Å². The molecule has 45 heavy (non-hydrogen) atoms. The molecule has 2 aliphatic rings. The maximum atomic E-state index is 7.35. The molecule has 0 bridgehead atoms. The second-order valence-corrected chi connectivity index (χ2v) is 12.2. The van der Waals surface area contributed by atoms with Crippen molar-refractivity contribution in [1.82, 2.24) is 0 Å². The van der Waals surface area contributed by atoms with Gasteiger partial charge in [-0.15, -0.1) is 0 Å². The summed E-state index contributed by atoms with van der Waals surface area (Å²) in [6.45, 7) is 0. The molecule has 212 valence electrons.